The number of carboxylic acid groups (broad SMARTS) is 2. The van der Waals surface area contributed by atoms with E-state index >= 15 is 0 Å². The fourth-order valence-electron chi connectivity index (χ4n) is 3.18. The lowest BCUT2D eigenvalue weighted by atomic mass is 9.81. The average molecular weight is 328 g/mol. The zero-order valence-corrected chi connectivity index (χ0v) is 13.9. The molecular formula is C17H28O6. The Morgan fingerprint density at radius 3 is 2.09 bits per heavy atom. The molecule has 1 saturated heterocycles. The molecule has 1 heterocycles. The third kappa shape index (κ3) is 5.52. The number of carbonyl (C=O) groups is 3. The highest BCUT2D eigenvalue weighted by Crippen LogP contribution is 2.37. The molecule has 2 N–H and O–H groups in total. The fourth-order valence-corrected chi connectivity index (χ4v) is 3.18. The normalized spacial score (nSPS) is 21.9. The van der Waals surface area contributed by atoms with Gasteiger partial charge in [-0.05, 0) is 6.42 Å². The number of unbranched alkanes of at least 4 members (excludes halogenated alkanes) is 7. The summed E-state index contributed by atoms with van der Waals surface area (Å²) < 4.78 is 4.94. The van der Waals surface area contributed by atoms with Gasteiger partial charge in [-0.2, -0.15) is 0 Å². The Hall–Kier alpha value is -1.59. The van der Waals surface area contributed by atoms with Gasteiger partial charge in [0.2, 0.25) is 5.60 Å². The van der Waals surface area contributed by atoms with E-state index in [0.29, 0.717) is 6.42 Å². The highest BCUT2D eigenvalue weighted by atomic mass is 16.6. The number of aliphatic carboxylic acids is 2. The first-order valence-corrected chi connectivity index (χ1v) is 8.62. The maximum absolute atomic E-state index is 11.5. The number of hydrogen-bond acceptors (Lipinski definition) is 4. The van der Waals surface area contributed by atoms with Crippen molar-refractivity contribution in [3.05, 3.63) is 0 Å². The van der Waals surface area contributed by atoms with E-state index in [-0.39, 0.29) is 19.3 Å². The molecule has 2 atom stereocenters. The van der Waals surface area contributed by atoms with Crippen molar-refractivity contribution in [3.8, 4) is 0 Å². The Morgan fingerprint density at radius 2 is 1.65 bits per heavy atom. The van der Waals surface area contributed by atoms with E-state index in [2.05, 4.69) is 6.92 Å². The van der Waals surface area contributed by atoms with E-state index in [1.807, 2.05) is 0 Å². The topological polar surface area (TPSA) is 101 Å². The molecule has 6 heteroatoms. The predicted octanol–water partition coefficient (Wildman–Crippen LogP) is 3.38. The first kappa shape index (κ1) is 19.5. The van der Waals surface area contributed by atoms with Gasteiger partial charge in [-0.15, -0.1) is 0 Å². The van der Waals surface area contributed by atoms with Crippen LogP contribution in [0.2, 0.25) is 0 Å². The van der Waals surface area contributed by atoms with Crippen LogP contribution >= 0.6 is 0 Å². The number of esters is 1. The summed E-state index contributed by atoms with van der Waals surface area (Å²) in [5.41, 5.74) is -1.88. The number of carboxylic acids is 2. The Labute approximate surface area is 137 Å². The van der Waals surface area contributed by atoms with Crippen molar-refractivity contribution < 1.29 is 29.3 Å². The summed E-state index contributed by atoms with van der Waals surface area (Å²) in [6.07, 6.45) is 8.65. The zero-order chi connectivity index (χ0) is 17.3. The minimum Gasteiger partial charge on any atom is -0.481 e. The average Bonchev–Trinajstić information content (AvgIpc) is 2.88. The largest absolute Gasteiger partial charge is 0.481 e. The maximum Gasteiger partial charge on any atom is 0.349 e. The van der Waals surface area contributed by atoms with Crippen LogP contribution in [0.4, 0.5) is 0 Å². The van der Waals surface area contributed by atoms with Crippen LogP contribution < -0.4 is 0 Å². The molecule has 0 saturated carbocycles. The molecule has 132 valence electrons. The van der Waals surface area contributed by atoms with Crippen LogP contribution in [0.1, 0.15) is 77.6 Å². The molecule has 6 nitrogen and oxygen atoms in total. The lowest BCUT2D eigenvalue weighted by Crippen LogP contribution is -2.49. The molecule has 23 heavy (non-hydrogen) atoms. The number of ether oxygens (including phenoxy) is 1. The number of rotatable bonds is 12. The second-order valence-corrected chi connectivity index (χ2v) is 6.32. The van der Waals surface area contributed by atoms with Gasteiger partial charge in [-0.3, -0.25) is 9.59 Å². The van der Waals surface area contributed by atoms with E-state index < -0.39 is 29.4 Å². The highest BCUT2D eigenvalue weighted by molar-refractivity contribution is 5.90. The van der Waals surface area contributed by atoms with Crippen LogP contribution in [0.5, 0.6) is 0 Å². The molecule has 0 aromatic carbocycles. The molecule has 1 rings (SSSR count). The van der Waals surface area contributed by atoms with Crippen molar-refractivity contribution >= 4 is 17.9 Å². The summed E-state index contributed by atoms with van der Waals surface area (Å²) in [5.74, 6) is -4.36. The second kappa shape index (κ2) is 9.53. The molecule has 0 spiro atoms. The van der Waals surface area contributed by atoms with Crippen LogP contribution in [0.3, 0.4) is 0 Å². The molecule has 0 aliphatic carbocycles. The lowest BCUT2D eigenvalue weighted by molar-refractivity contribution is -0.182. The van der Waals surface area contributed by atoms with Gasteiger partial charge in [0, 0.05) is 12.8 Å². The summed E-state index contributed by atoms with van der Waals surface area (Å²) in [4.78, 5) is 34.3. The zero-order valence-electron chi connectivity index (χ0n) is 13.9. The second-order valence-electron chi connectivity index (χ2n) is 6.32. The third-order valence-corrected chi connectivity index (χ3v) is 4.57. The SMILES string of the molecule is CCCCCCCCCC[C@@H](C(=O)O)[C@@]1(C(=O)O)CCC(=O)O1. The highest BCUT2D eigenvalue weighted by Gasteiger charge is 2.56. The minimum atomic E-state index is -1.88. The van der Waals surface area contributed by atoms with Gasteiger partial charge in [-0.1, -0.05) is 58.3 Å². The maximum atomic E-state index is 11.5. The molecular weight excluding hydrogens is 300 g/mol. The third-order valence-electron chi connectivity index (χ3n) is 4.57. The van der Waals surface area contributed by atoms with Gasteiger partial charge in [-0.25, -0.2) is 4.79 Å². The van der Waals surface area contributed by atoms with Crippen LogP contribution in [0.25, 0.3) is 0 Å². The summed E-state index contributed by atoms with van der Waals surface area (Å²) in [6, 6.07) is 0. The smallest absolute Gasteiger partial charge is 0.349 e. The van der Waals surface area contributed by atoms with E-state index in [4.69, 9.17) is 4.74 Å². The summed E-state index contributed by atoms with van der Waals surface area (Å²) in [7, 11) is 0. The van der Waals surface area contributed by atoms with Crippen LogP contribution in [0, 0.1) is 5.92 Å². The molecule has 1 aliphatic heterocycles. The van der Waals surface area contributed by atoms with Gasteiger partial charge >= 0.3 is 17.9 Å². The first-order chi connectivity index (χ1) is 10.9. The lowest BCUT2D eigenvalue weighted by Gasteiger charge is -2.29. The van der Waals surface area contributed by atoms with Gasteiger partial charge < -0.3 is 14.9 Å². The van der Waals surface area contributed by atoms with E-state index in [1.165, 1.54) is 25.7 Å². The Bertz CT molecular complexity index is 419. The van der Waals surface area contributed by atoms with E-state index in [9.17, 15) is 24.6 Å². The van der Waals surface area contributed by atoms with Crippen molar-refractivity contribution in [2.24, 2.45) is 5.92 Å². The molecule has 0 radical (unpaired) electrons. The summed E-state index contributed by atoms with van der Waals surface area (Å²) in [6.45, 7) is 2.17. The first-order valence-electron chi connectivity index (χ1n) is 8.62. The number of hydrogen-bond donors (Lipinski definition) is 2. The number of carbonyl (C=O) groups excluding carboxylic acids is 1. The van der Waals surface area contributed by atoms with Gasteiger partial charge in [0.25, 0.3) is 0 Å². The molecule has 0 aromatic rings. The molecule has 0 amide bonds. The summed E-state index contributed by atoms with van der Waals surface area (Å²) >= 11 is 0. The predicted molar refractivity (Wildman–Crippen MR) is 84.0 cm³/mol. The summed E-state index contributed by atoms with van der Waals surface area (Å²) in [5, 5.41) is 18.8. The van der Waals surface area contributed by atoms with Crippen molar-refractivity contribution in [3.63, 3.8) is 0 Å². The molecule has 1 fully saturated rings. The molecule has 1 aliphatic rings. The quantitative estimate of drug-likeness (QED) is 0.421. The van der Waals surface area contributed by atoms with E-state index in [1.54, 1.807) is 0 Å². The van der Waals surface area contributed by atoms with Gasteiger partial charge in [0.15, 0.2) is 0 Å². The standard InChI is InChI=1S/C17H28O6/c1-2-3-4-5-6-7-8-9-10-13(15(19)20)17(16(21)22)12-11-14(18)23-17/h13H,2-12H2,1H3,(H,19,20)(H,21,22)/t13-,17+/m0/s1. The number of cyclic esters (lactones) is 1. The Balaban J connectivity index is 2.44. The van der Waals surface area contributed by atoms with Crippen molar-refractivity contribution in [1.82, 2.24) is 0 Å². The molecule has 0 bridgehead atoms. The van der Waals surface area contributed by atoms with Crippen molar-refractivity contribution in [2.45, 2.75) is 83.2 Å². The van der Waals surface area contributed by atoms with Gasteiger partial charge in [0.05, 0.1) is 0 Å². The fraction of sp³-hybridized carbons (Fsp3) is 0.824. The van der Waals surface area contributed by atoms with Crippen LogP contribution in [-0.4, -0.2) is 33.7 Å². The monoisotopic (exact) mass is 328 g/mol. The van der Waals surface area contributed by atoms with Crippen LogP contribution in [-0.2, 0) is 19.1 Å². The molecule has 0 aromatic heterocycles. The molecule has 0 unspecified atom stereocenters. The van der Waals surface area contributed by atoms with Crippen molar-refractivity contribution in [2.75, 3.05) is 0 Å². The van der Waals surface area contributed by atoms with Crippen LogP contribution in [0.15, 0.2) is 0 Å². The minimum absolute atomic E-state index is 0.0342. The van der Waals surface area contributed by atoms with E-state index in [0.717, 1.165) is 19.3 Å². The Kier molecular flexibility index (Phi) is 8.06. The van der Waals surface area contributed by atoms with Crippen molar-refractivity contribution in [1.29, 1.82) is 0 Å². The Morgan fingerprint density at radius 1 is 1.09 bits per heavy atom. The van der Waals surface area contributed by atoms with Gasteiger partial charge in [0.1, 0.15) is 5.92 Å².